The van der Waals surface area contributed by atoms with Crippen molar-refractivity contribution in [1.29, 1.82) is 0 Å². The van der Waals surface area contributed by atoms with Crippen LogP contribution in [0.2, 0.25) is 0 Å². The molecule has 12 heteroatoms. The minimum Gasteiger partial charge on any atom is -0.481 e. The first-order valence-corrected chi connectivity index (χ1v) is 16.8. The summed E-state index contributed by atoms with van der Waals surface area (Å²) in [5.74, 6) is 4.31. The maximum Gasteiger partial charge on any atom is 0.224 e. The van der Waals surface area contributed by atoms with Gasteiger partial charge < -0.3 is 23.3 Å². The quantitative estimate of drug-likeness (QED) is 0.160. The molecular weight excluding hydrogens is 630 g/mol. The van der Waals surface area contributed by atoms with Gasteiger partial charge in [-0.1, -0.05) is 24.3 Å². The molecule has 1 aromatic carbocycles. The fourth-order valence-electron chi connectivity index (χ4n) is 6.62. The average Bonchev–Trinajstić information content (AvgIpc) is 3.67. The summed E-state index contributed by atoms with van der Waals surface area (Å²) in [4.78, 5) is 24.0. The van der Waals surface area contributed by atoms with Gasteiger partial charge in [-0.25, -0.2) is 15.0 Å². The Morgan fingerprint density at radius 1 is 0.660 bits per heavy atom. The first-order chi connectivity index (χ1) is 24.3. The van der Waals surface area contributed by atoms with Gasteiger partial charge >= 0.3 is 0 Å². The van der Waals surface area contributed by atoms with Crippen LogP contribution in [0.15, 0.2) is 60.8 Å². The lowest BCUT2D eigenvalue weighted by atomic mass is 10.0. The van der Waals surface area contributed by atoms with Crippen LogP contribution in [0.5, 0.6) is 17.6 Å². The van der Waals surface area contributed by atoms with E-state index in [-0.39, 0.29) is 0 Å². The van der Waals surface area contributed by atoms with Crippen LogP contribution in [-0.2, 0) is 40.4 Å². The van der Waals surface area contributed by atoms with Crippen LogP contribution < -0.4 is 14.2 Å². The predicted octanol–water partition coefficient (Wildman–Crippen LogP) is 6.14. The molecule has 254 valence electrons. The zero-order valence-corrected chi connectivity index (χ0v) is 29.1. The van der Waals surface area contributed by atoms with Gasteiger partial charge in [0.2, 0.25) is 17.6 Å². The average molecular weight is 670 g/mol. The second kappa shape index (κ2) is 12.6. The van der Waals surface area contributed by atoms with Gasteiger partial charge in [-0.05, 0) is 60.6 Å². The highest BCUT2D eigenvalue weighted by Crippen LogP contribution is 2.37. The van der Waals surface area contributed by atoms with Crippen LogP contribution in [0.3, 0.4) is 0 Å². The van der Waals surface area contributed by atoms with E-state index in [0.717, 1.165) is 81.5 Å². The van der Waals surface area contributed by atoms with Crippen LogP contribution in [-0.4, -0.2) is 65.2 Å². The molecule has 6 aromatic heterocycles. The number of hydrogen-bond acceptors (Lipinski definition) is 9. The largest absolute Gasteiger partial charge is 0.481 e. The number of nitrogens with zero attached hydrogens (tertiary/aromatic N) is 9. The van der Waals surface area contributed by atoms with Gasteiger partial charge in [-0.2, -0.15) is 15.1 Å². The molecule has 0 spiro atoms. The van der Waals surface area contributed by atoms with Crippen molar-refractivity contribution in [3.63, 3.8) is 0 Å². The maximum absolute atomic E-state index is 5.77. The highest BCUT2D eigenvalue weighted by atomic mass is 16.5. The smallest absolute Gasteiger partial charge is 0.224 e. The van der Waals surface area contributed by atoms with Crippen LogP contribution >= 0.6 is 0 Å². The topological polar surface area (TPSA) is 120 Å². The summed E-state index contributed by atoms with van der Waals surface area (Å²) in [7, 11) is 10.9. The molecule has 0 atom stereocenters. The van der Waals surface area contributed by atoms with Crippen molar-refractivity contribution in [2.24, 2.45) is 27.1 Å². The molecular formula is C38H39N9O3. The summed E-state index contributed by atoms with van der Waals surface area (Å²) in [5, 5.41) is 4.31. The first-order valence-electron chi connectivity index (χ1n) is 16.8. The fraction of sp³-hybridized carbons (Fsp3) is 0.316. The number of rotatable bonds is 11. The number of methoxy groups -OCH3 is 3. The molecule has 12 nitrogen and oxygen atoms in total. The Labute approximate surface area is 289 Å². The molecule has 0 unspecified atom stereocenters. The van der Waals surface area contributed by atoms with Crippen molar-refractivity contribution in [3.8, 4) is 51.3 Å². The number of fused-ring (bicyclic) bond motifs is 2. The van der Waals surface area contributed by atoms with Gasteiger partial charge in [0.15, 0.2) is 11.3 Å². The highest BCUT2D eigenvalue weighted by Gasteiger charge is 2.25. The fourth-order valence-corrected chi connectivity index (χ4v) is 6.62. The third kappa shape index (κ3) is 5.70. The molecule has 50 heavy (non-hydrogen) atoms. The lowest BCUT2D eigenvalue weighted by molar-refractivity contribution is 0.397. The monoisotopic (exact) mass is 669 g/mol. The Morgan fingerprint density at radius 3 is 1.96 bits per heavy atom. The molecule has 1 aliphatic rings. The van der Waals surface area contributed by atoms with E-state index in [1.165, 1.54) is 18.4 Å². The summed E-state index contributed by atoms with van der Waals surface area (Å²) < 4.78 is 23.1. The maximum atomic E-state index is 5.77. The van der Waals surface area contributed by atoms with E-state index in [1.54, 1.807) is 27.5 Å². The molecule has 1 fully saturated rings. The summed E-state index contributed by atoms with van der Waals surface area (Å²) in [5.41, 5.74) is 9.83. The van der Waals surface area contributed by atoms with Crippen LogP contribution in [0.1, 0.15) is 30.1 Å². The normalized spacial score (nSPS) is 13.0. The Hall–Kier alpha value is -5.78. The number of aromatic nitrogens is 9. The molecule has 6 heterocycles. The van der Waals surface area contributed by atoms with Gasteiger partial charge in [-0.3, -0.25) is 4.68 Å². The van der Waals surface area contributed by atoms with Crippen LogP contribution in [0.4, 0.5) is 0 Å². The van der Waals surface area contributed by atoms with Gasteiger partial charge in [0, 0.05) is 57.4 Å². The predicted molar refractivity (Wildman–Crippen MR) is 191 cm³/mol. The van der Waals surface area contributed by atoms with E-state index in [2.05, 4.69) is 63.7 Å². The second-order valence-corrected chi connectivity index (χ2v) is 12.9. The van der Waals surface area contributed by atoms with E-state index < -0.39 is 0 Å². The van der Waals surface area contributed by atoms with E-state index in [0.29, 0.717) is 28.9 Å². The zero-order valence-electron chi connectivity index (χ0n) is 29.1. The molecule has 8 rings (SSSR count). The number of ether oxygens (including phenoxy) is 3. The van der Waals surface area contributed by atoms with Crippen molar-refractivity contribution >= 4 is 22.3 Å². The van der Waals surface area contributed by atoms with Crippen molar-refractivity contribution in [2.75, 3.05) is 21.3 Å². The summed E-state index contributed by atoms with van der Waals surface area (Å²) in [6, 6.07) is 18.6. The van der Waals surface area contributed by atoms with Crippen LogP contribution in [0, 0.1) is 5.92 Å². The van der Waals surface area contributed by atoms with Gasteiger partial charge in [0.05, 0.1) is 49.3 Å². The Morgan fingerprint density at radius 2 is 1.32 bits per heavy atom. The van der Waals surface area contributed by atoms with Gasteiger partial charge in [0.25, 0.3) is 0 Å². The van der Waals surface area contributed by atoms with E-state index in [9.17, 15) is 0 Å². The lowest BCUT2D eigenvalue weighted by Crippen LogP contribution is -2.01. The summed E-state index contributed by atoms with van der Waals surface area (Å²) in [6.45, 7) is 0. The third-order valence-electron chi connectivity index (χ3n) is 9.72. The molecule has 0 radical (unpaired) electrons. The number of imidazole rings is 2. The van der Waals surface area contributed by atoms with Gasteiger partial charge in [-0.15, -0.1) is 0 Å². The standard InChI is InChI=1S/C38H39N9O3/c1-45-31-21-27(29-15-16-39-47(29)3)38(50-6)44-35(31)41-32(45)14-11-22-9-12-24(13-10-22)28-18-25(19-34(40-28)48-4)26-20-30-36(43-37(26)49-5)42-33(46(30)2)17-23-7-8-23/h9-10,12-13,15-16,18-21,23H,7-8,11,14,17H2,1-6H3. The number of aryl methyl sites for hydroxylation is 5. The van der Waals surface area contributed by atoms with Crippen molar-refractivity contribution in [2.45, 2.75) is 32.1 Å². The van der Waals surface area contributed by atoms with Gasteiger partial charge in [0.1, 0.15) is 11.6 Å². The SMILES string of the molecule is COc1cc(-c2cc3c(nc2OC)nc(CC2CC2)n3C)cc(-c2ccc(CCc3nc4nc(OC)c(-c5ccnn5C)cc4n3C)cc2)n1. The second-order valence-electron chi connectivity index (χ2n) is 12.9. The van der Waals surface area contributed by atoms with Crippen molar-refractivity contribution < 1.29 is 14.2 Å². The summed E-state index contributed by atoms with van der Waals surface area (Å²) >= 11 is 0. The first kappa shape index (κ1) is 31.5. The molecule has 1 saturated carbocycles. The van der Waals surface area contributed by atoms with Crippen molar-refractivity contribution in [1.82, 2.24) is 43.8 Å². The lowest BCUT2D eigenvalue weighted by Gasteiger charge is -2.12. The minimum absolute atomic E-state index is 0.516. The summed E-state index contributed by atoms with van der Waals surface area (Å²) in [6.07, 6.45) is 6.86. The Kier molecular flexibility index (Phi) is 7.93. The number of benzene rings is 1. The number of pyridine rings is 3. The molecule has 0 bridgehead atoms. The minimum atomic E-state index is 0.516. The van der Waals surface area contributed by atoms with Crippen molar-refractivity contribution in [3.05, 3.63) is 78.0 Å². The molecule has 0 N–H and O–H groups in total. The highest BCUT2D eigenvalue weighted by molar-refractivity contribution is 5.84. The molecule has 0 amide bonds. The molecule has 0 saturated heterocycles. The number of hydrogen-bond donors (Lipinski definition) is 0. The molecule has 1 aliphatic carbocycles. The molecule has 0 aliphatic heterocycles. The Bertz CT molecular complexity index is 2370. The van der Waals surface area contributed by atoms with E-state index in [4.69, 9.17) is 39.1 Å². The zero-order chi connectivity index (χ0) is 34.5. The molecule has 7 aromatic rings. The van der Waals surface area contributed by atoms with Crippen LogP contribution in [0.25, 0.3) is 56.0 Å². The van der Waals surface area contributed by atoms with E-state index >= 15 is 0 Å². The van der Waals surface area contributed by atoms with E-state index in [1.807, 2.05) is 30.9 Å². The third-order valence-corrected chi connectivity index (χ3v) is 9.72. The Balaban J connectivity index is 1.05.